The standard InChI is InChI=1S/C20H15BrCl3N3OS/c21-13-8-10-14(11-9-13)25-19(29)27-18(20(22,23)24)26-17(28)16-7-3-5-12-4-1-2-6-15(12)16/h1-11,18H,(H,26,28)(H2,25,27,29). The van der Waals surface area contributed by atoms with Crippen LogP contribution in [0.2, 0.25) is 0 Å². The van der Waals surface area contributed by atoms with Crippen LogP contribution in [0.4, 0.5) is 5.69 Å². The number of carbonyl (C=O) groups is 1. The molecule has 4 nitrogen and oxygen atoms in total. The summed E-state index contributed by atoms with van der Waals surface area (Å²) in [4.78, 5) is 12.9. The van der Waals surface area contributed by atoms with Gasteiger partial charge in [0.15, 0.2) is 5.11 Å². The molecule has 9 heteroatoms. The lowest BCUT2D eigenvalue weighted by Crippen LogP contribution is -2.56. The Balaban J connectivity index is 1.76. The maximum atomic E-state index is 12.9. The molecule has 0 bridgehead atoms. The van der Waals surface area contributed by atoms with Crippen molar-refractivity contribution >= 4 is 90.4 Å². The van der Waals surface area contributed by atoms with Gasteiger partial charge in [-0.3, -0.25) is 4.79 Å². The van der Waals surface area contributed by atoms with Gasteiger partial charge in [0.1, 0.15) is 6.17 Å². The number of fused-ring (bicyclic) bond motifs is 1. The van der Waals surface area contributed by atoms with E-state index in [1.165, 1.54) is 0 Å². The quantitative estimate of drug-likeness (QED) is 0.219. The number of amides is 1. The van der Waals surface area contributed by atoms with E-state index in [0.29, 0.717) is 5.56 Å². The van der Waals surface area contributed by atoms with Gasteiger partial charge >= 0.3 is 0 Å². The van der Waals surface area contributed by atoms with Crippen molar-refractivity contribution in [1.82, 2.24) is 10.6 Å². The molecule has 3 N–H and O–H groups in total. The van der Waals surface area contributed by atoms with Gasteiger partial charge in [0.2, 0.25) is 3.79 Å². The Kier molecular flexibility index (Phi) is 7.24. The van der Waals surface area contributed by atoms with E-state index < -0.39 is 15.9 Å². The van der Waals surface area contributed by atoms with Crippen LogP contribution >= 0.6 is 63.0 Å². The topological polar surface area (TPSA) is 53.2 Å². The minimum absolute atomic E-state index is 0.196. The molecule has 3 aromatic rings. The second-order valence-electron chi connectivity index (χ2n) is 6.08. The number of anilines is 1. The summed E-state index contributed by atoms with van der Waals surface area (Å²) in [7, 11) is 0. The largest absolute Gasteiger partial charge is 0.339 e. The first-order valence-corrected chi connectivity index (χ1v) is 10.8. The smallest absolute Gasteiger partial charge is 0.253 e. The summed E-state index contributed by atoms with van der Waals surface area (Å²) in [5, 5.41) is 10.5. The van der Waals surface area contributed by atoms with Gasteiger partial charge in [-0.1, -0.05) is 87.1 Å². The predicted octanol–water partition coefficient (Wildman–Crippen LogP) is 6.02. The van der Waals surface area contributed by atoms with Crippen LogP contribution in [0.25, 0.3) is 10.8 Å². The van der Waals surface area contributed by atoms with Crippen molar-refractivity contribution < 1.29 is 4.79 Å². The van der Waals surface area contributed by atoms with E-state index in [9.17, 15) is 4.79 Å². The van der Waals surface area contributed by atoms with Crippen molar-refractivity contribution in [1.29, 1.82) is 0 Å². The molecular weight excluding hydrogens is 517 g/mol. The van der Waals surface area contributed by atoms with Crippen LogP contribution in [0.5, 0.6) is 0 Å². The van der Waals surface area contributed by atoms with E-state index in [-0.39, 0.29) is 5.11 Å². The first-order valence-electron chi connectivity index (χ1n) is 8.42. The van der Waals surface area contributed by atoms with Crippen molar-refractivity contribution in [3.05, 3.63) is 76.8 Å². The van der Waals surface area contributed by atoms with E-state index in [2.05, 4.69) is 31.9 Å². The highest BCUT2D eigenvalue weighted by Gasteiger charge is 2.35. The Morgan fingerprint density at radius 1 is 0.931 bits per heavy atom. The fraction of sp³-hybridized carbons (Fsp3) is 0.100. The Hall–Kier alpha value is -1.57. The van der Waals surface area contributed by atoms with E-state index in [1.54, 1.807) is 12.1 Å². The van der Waals surface area contributed by atoms with E-state index >= 15 is 0 Å². The molecule has 0 saturated carbocycles. The molecule has 0 aliphatic rings. The average Bonchev–Trinajstić information content (AvgIpc) is 2.68. The summed E-state index contributed by atoms with van der Waals surface area (Å²) < 4.78 is -0.908. The summed E-state index contributed by atoms with van der Waals surface area (Å²) in [6.07, 6.45) is -1.06. The molecule has 1 unspecified atom stereocenters. The van der Waals surface area contributed by atoms with Crippen molar-refractivity contribution in [2.75, 3.05) is 5.32 Å². The van der Waals surface area contributed by atoms with Crippen LogP contribution in [0, 0.1) is 0 Å². The molecule has 3 aromatic carbocycles. The Labute approximate surface area is 197 Å². The van der Waals surface area contributed by atoms with E-state index in [4.69, 9.17) is 47.0 Å². The molecule has 0 aliphatic carbocycles. The number of nitrogens with one attached hydrogen (secondary N) is 3. The molecule has 29 heavy (non-hydrogen) atoms. The maximum Gasteiger partial charge on any atom is 0.253 e. The molecule has 0 heterocycles. The van der Waals surface area contributed by atoms with Crippen molar-refractivity contribution in [3.63, 3.8) is 0 Å². The minimum Gasteiger partial charge on any atom is -0.339 e. The Morgan fingerprint density at radius 3 is 2.28 bits per heavy atom. The van der Waals surface area contributed by atoms with Crippen LogP contribution in [-0.4, -0.2) is 21.0 Å². The molecule has 0 radical (unpaired) electrons. The summed E-state index contributed by atoms with van der Waals surface area (Å²) in [5.41, 5.74) is 1.21. The zero-order chi connectivity index (χ0) is 21.0. The first-order chi connectivity index (χ1) is 13.7. The number of hydrogen-bond donors (Lipinski definition) is 3. The second kappa shape index (κ2) is 9.49. The maximum absolute atomic E-state index is 12.9. The lowest BCUT2D eigenvalue weighted by Gasteiger charge is -2.28. The van der Waals surface area contributed by atoms with Crippen LogP contribution < -0.4 is 16.0 Å². The molecule has 3 rings (SSSR count). The van der Waals surface area contributed by atoms with Crippen molar-refractivity contribution in [2.45, 2.75) is 9.96 Å². The number of rotatable bonds is 4. The minimum atomic E-state index is -1.84. The normalized spacial score (nSPS) is 12.3. The summed E-state index contributed by atoms with van der Waals surface area (Å²) in [5.74, 6) is -0.392. The number of alkyl halides is 3. The first kappa shape index (κ1) is 22.1. The highest BCUT2D eigenvalue weighted by molar-refractivity contribution is 9.10. The van der Waals surface area contributed by atoms with Gasteiger partial charge in [-0.15, -0.1) is 0 Å². The van der Waals surface area contributed by atoms with Gasteiger partial charge in [0.05, 0.1) is 0 Å². The average molecular weight is 532 g/mol. The fourth-order valence-electron chi connectivity index (χ4n) is 2.66. The molecule has 0 spiro atoms. The fourth-order valence-corrected chi connectivity index (χ4v) is 3.49. The van der Waals surface area contributed by atoms with Gasteiger partial charge in [0.25, 0.3) is 5.91 Å². The van der Waals surface area contributed by atoms with Crippen LogP contribution in [0.15, 0.2) is 71.2 Å². The molecule has 0 fully saturated rings. The number of carbonyl (C=O) groups excluding carboxylic acids is 1. The molecule has 1 atom stereocenters. The SMILES string of the molecule is O=C(NC(NC(=S)Nc1ccc(Br)cc1)C(Cl)(Cl)Cl)c1cccc2ccccc12. The third-order valence-electron chi connectivity index (χ3n) is 4.01. The molecule has 0 aromatic heterocycles. The second-order valence-corrected chi connectivity index (χ2v) is 9.77. The highest BCUT2D eigenvalue weighted by atomic mass is 79.9. The van der Waals surface area contributed by atoms with Gasteiger partial charge in [0, 0.05) is 15.7 Å². The number of benzene rings is 3. The third kappa shape index (κ3) is 5.96. The van der Waals surface area contributed by atoms with E-state index in [0.717, 1.165) is 20.9 Å². The molecule has 0 saturated heterocycles. The highest BCUT2D eigenvalue weighted by Crippen LogP contribution is 2.30. The number of hydrogen-bond acceptors (Lipinski definition) is 2. The third-order valence-corrected chi connectivity index (χ3v) is 5.42. The van der Waals surface area contributed by atoms with Gasteiger partial charge in [-0.25, -0.2) is 0 Å². The molecule has 0 aliphatic heterocycles. The monoisotopic (exact) mass is 529 g/mol. The van der Waals surface area contributed by atoms with Gasteiger partial charge in [-0.05, 0) is 53.3 Å². The zero-order valence-corrected chi connectivity index (χ0v) is 19.4. The number of thiocarbonyl (C=S) groups is 1. The summed E-state index contributed by atoms with van der Waals surface area (Å²) in [6.45, 7) is 0. The molecular formula is C20H15BrCl3N3OS. The zero-order valence-electron chi connectivity index (χ0n) is 14.8. The Morgan fingerprint density at radius 2 is 1.59 bits per heavy atom. The molecule has 150 valence electrons. The molecule has 1 amide bonds. The van der Waals surface area contributed by atoms with Gasteiger partial charge in [-0.2, -0.15) is 0 Å². The van der Waals surface area contributed by atoms with Crippen molar-refractivity contribution in [3.8, 4) is 0 Å². The lowest BCUT2D eigenvalue weighted by atomic mass is 10.0. The van der Waals surface area contributed by atoms with E-state index in [1.807, 2.05) is 54.6 Å². The Bertz CT molecular complexity index is 1040. The van der Waals surface area contributed by atoms with Crippen LogP contribution in [-0.2, 0) is 0 Å². The summed E-state index contributed by atoms with van der Waals surface area (Å²) in [6, 6.07) is 20.4. The van der Waals surface area contributed by atoms with Crippen LogP contribution in [0.3, 0.4) is 0 Å². The predicted molar refractivity (Wildman–Crippen MR) is 129 cm³/mol. The van der Waals surface area contributed by atoms with Crippen molar-refractivity contribution in [2.24, 2.45) is 0 Å². The number of halogens is 4. The summed E-state index contributed by atoms with van der Waals surface area (Å²) >= 11 is 26.9. The van der Waals surface area contributed by atoms with Gasteiger partial charge < -0.3 is 16.0 Å². The van der Waals surface area contributed by atoms with Crippen LogP contribution in [0.1, 0.15) is 10.4 Å². The lowest BCUT2D eigenvalue weighted by molar-refractivity contribution is 0.0936.